The zero-order valence-corrected chi connectivity index (χ0v) is 10.7. The molecule has 1 N–H and O–H groups in total. The number of aryl methyl sites for hydroxylation is 2. The summed E-state index contributed by atoms with van der Waals surface area (Å²) in [5, 5.41) is 16.1. The molecular weight excluding hydrogens is 238 g/mol. The van der Waals surface area contributed by atoms with Crippen LogP contribution in [0.1, 0.15) is 35.8 Å². The third-order valence-corrected chi connectivity index (χ3v) is 3.11. The van der Waals surface area contributed by atoms with Crippen LogP contribution >= 0.6 is 11.3 Å². The Kier molecular flexibility index (Phi) is 3.86. The molecule has 5 nitrogen and oxygen atoms in total. The molecule has 0 saturated carbocycles. The lowest BCUT2D eigenvalue weighted by atomic mass is 10.2. The molecule has 0 aromatic carbocycles. The van der Waals surface area contributed by atoms with Crippen LogP contribution in [0.4, 0.5) is 0 Å². The van der Waals surface area contributed by atoms with Crippen molar-refractivity contribution in [2.45, 2.75) is 39.2 Å². The van der Waals surface area contributed by atoms with E-state index in [0.29, 0.717) is 31.0 Å². The molecule has 0 amide bonds. The summed E-state index contributed by atoms with van der Waals surface area (Å²) < 4.78 is 5.10. The van der Waals surface area contributed by atoms with E-state index >= 15 is 0 Å². The quantitative estimate of drug-likeness (QED) is 0.878. The van der Waals surface area contributed by atoms with Crippen LogP contribution in [0.3, 0.4) is 0 Å². The molecule has 0 saturated heterocycles. The van der Waals surface area contributed by atoms with Crippen LogP contribution in [0.25, 0.3) is 0 Å². The van der Waals surface area contributed by atoms with Gasteiger partial charge in [-0.1, -0.05) is 5.16 Å². The average molecular weight is 253 g/mol. The Bertz CT molecular complexity index is 479. The number of thiazole rings is 1. The van der Waals surface area contributed by atoms with Crippen LogP contribution in [0.2, 0.25) is 0 Å². The van der Waals surface area contributed by atoms with Crippen molar-refractivity contribution in [3.63, 3.8) is 0 Å². The minimum absolute atomic E-state index is 0.341. The first kappa shape index (κ1) is 12.2. The lowest BCUT2D eigenvalue weighted by molar-refractivity contribution is 0.180. The monoisotopic (exact) mass is 253 g/mol. The fourth-order valence-electron chi connectivity index (χ4n) is 1.45. The first-order chi connectivity index (χ1) is 8.13. The molecule has 1 unspecified atom stereocenters. The summed E-state index contributed by atoms with van der Waals surface area (Å²) in [6.07, 6.45) is 1.51. The van der Waals surface area contributed by atoms with E-state index in [0.717, 1.165) is 10.7 Å². The van der Waals surface area contributed by atoms with Gasteiger partial charge in [0.05, 0.1) is 23.2 Å². The lowest BCUT2D eigenvalue weighted by Crippen LogP contribution is -2.01. The molecule has 2 aromatic heterocycles. The standard InChI is InChI=1S/C11H15N3O2S/c1-7(15)3-4-11-13-10(14-16-11)5-9-6-17-8(2)12-9/h6-7,15H,3-5H2,1-2H3. The minimum atomic E-state index is -0.341. The molecule has 2 aromatic rings. The smallest absolute Gasteiger partial charge is 0.226 e. The second kappa shape index (κ2) is 5.37. The largest absolute Gasteiger partial charge is 0.393 e. The number of aliphatic hydroxyl groups is 1. The van der Waals surface area contributed by atoms with Crippen LogP contribution in [-0.2, 0) is 12.8 Å². The Labute approximate surface area is 104 Å². The maximum Gasteiger partial charge on any atom is 0.226 e. The van der Waals surface area contributed by atoms with Crippen molar-refractivity contribution in [1.82, 2.24) is 15.1 Å². The van der Waals surface area contributed by atoms with Gasteiger partial charge in [0, 0.05) is 11.8 Å². The van der Waals surface area contributed by atoms with Gasteiger partial charge < -0.3 is 9.63 Å². The van der Waals surface area contributed by atoms with E-state index in [1.54, 1.807) is 18.3 Å². The van der Waals surface area contributed by atoms with E-state index in [9.17, 15) is 0 Å². The van der Waals surface area contributed by atoms with E-state index in [1.165, 1.54) is 0 Å². The first-order valence-electron chi connectivity index (χ1n) is 5.54. The number of hydrogen-bond acceptors (Lipinski definition) is 6. The predicted molar refractivity (Wildman–Crippen MR) is 64.0 cm³/mol. The molecule has 0 aliphatic carbocycles. The fourth-order valence-corrected chi connectivity index (χ4v) is 2.06. The Morgan fingerprint density at radius 2 is 2.29 bits per heavy atom. The van der Waals surface area contributed by atoms with Gasteiger partial charge in [-0.15, -0.1) is 11.3 Å². The van der Waals surface area contributed by atoms with Gasteiger partial charge >= 0.3 is 0 Å². The summed E-state index contributed by atoms with van der Waals surface area (Å²) in [4.78, 5) is 8.61. The van der Waals surface area contributed by atoms with Gasteiger partial charge in [-0.2, -0.15) is 4.98 Å². The van der Waals surface area contributed by atoms with E-state index in [1.807, 2.05) is 12.3 Å². The minimum Gasteiger partial charge on any atom is -0.393 e. The molecule has 0 bridgehead atoms. The Morgan fingerprint density at radius 1 is 1.47 bits per heavy atom. The summed E-state index contributed by atoms with van der Waals surface area (Å²) in [6.45, 7) is 3.72. The highest BCUT2D eigenvalue weighted by Crippen LogP contribution is 2.12. The van der Waals surface area contributed by atoms with Crippen molar-refractivity contribution < 1.29 is 9.63 Å². The average Bonchev–Trinajstić information content (AvgIpc) is 2.86. The van der Waals surface area contributed by atoms with Crippen molar-refractivity contribution in [2.24, 2.45) is 0 Å². The molecule has 0 fully saturated rings. The number of aliphatic hydroxyl groups excluding tert-OH is 1. The van der Waals surface area contributed by atoms with Crippen molar-refractivity contribution in [1.29, 1.82) is 0 Å². The number of rotatable bonds is 5. The summed E-state index contributed by atoms with van der Waals surface area (Å²) in [7, 11) is 0. The predicted octanol–water partition coefficient (Wildman–Crippen LogP) is 1.74. The molecule has 0 radical (unpaired) electrons. The van der Waals surface area contributed by atoms with Gasteiger partial charge in [0.2, 0.25) is 5.89 Å². The van der Waals surface area contributed by atoms with Crippen molar-refractivity contribution in [3.05, 3.63) is 27.8 Å². The SMILES string of the molecule is Cc1nc(Cc2noc(CCC(C)O)n2)cs1. The number of nitrogens with zero attached hydrogens (tertiary/aromatic N) is 3. The maximum absolute atomic E-state index is 9.16. The summed E-state index contributed by atoms with van der Waals surface area (Å²) in [5.74, 6) is 1.23. The molecule has 6 heteroatoms. The molecule has 2 heterocycles. The third kappa shape index (κ3) is 3.61. The van der Waals surface area contributed by atoms with Gasteiger partial charge in [0.15, 0.2) is 5.82 Å². The van der Waals surface area contributed by atoms with Gasteiger partial charge in [-0.05, 0) is 20.3 Å². The molecular formula is C11H15N3O2S. The number of hydrogen-bond donors (Lipinski definition) is 1. The van der Waals surface area contributed by atoms with Gasteiger partial charge in [-0.25, -0.2) is 4.98 Å². The van der Waals surface area contributed by atoms with Gasteiger partial charge in [0.25, 0.3) is 0 Å². The first-order valence-corrected chi connectivity index (χ1v) is 6.42. The summed E-state index contributed by atoms with van der Waals surface area (Å²) in [5.41, 5.74) is 0.968. The topological polar surface area (TPSA) is 72.0 Å². The molecule has 2 rings (SSSR count). The van der Waals surface area contributed by atoms with Crippen LogP contribution in [-0.4, -0.2) is 26.3 Å². The van der Waals surface area contributed by atoms with Crippen molar-refractivity contribution in [2.75, 3.05) is 0 Å². The van der Waals surface area contributed by atoms with Crippen molar-refractivity contribution in [3.8, 4) is 0 Å². The third-order valence-electron chi connectivity index (χ3n) is 2.29. The zero-order chi connectivity index (χ0) is 12.3. The Hall–Kier alpha value is -1.27. The summed E-state index contributed by atoms with van der Waals surface area (Å²) >= 11 is 1.61. The molecule has 17 heavy (non-hydrogen) atoms. The Morgan fingerprint density at radius 3 is 2.94 bits per heavy atom. The zero-order valence-electron chi connectivity index (χ0n) is 9.88. The van der Waals surface area contributed by atoms with E-state index in [-0.39, 0.29) is 6.10 Å². The highest BCUT2D eigenvalue weighted by atomic mass is 32.1. The van der Waals surface area contributed by atoms with Crippen LogP contribution in [0.5, 0.6) is 0 Å². The van der Waals surface area contributed by atoms with Gasteiger partial charge in [0.1, 0.15) is 0 Å². The second-order valence-electron chi connectivity index (χ2n) is 4.03. The van der Waals surface area contributed by atoms with E-state index in [4.69, 9.17) is 9.63 Å². The summed E-state index contributed by atoms with van der Waals surface area (Å²) in [6, 6.07) is 0. The normalized spacial score (nSPS) is 12.9. The van der Waals surface area contributed by atoms with E-state index < -0.39 is 0 Å². The molecule has 0 spiro atoms. The molecule has 0 aliphatic heterocycles. The van der Waals surface area contributed by atoms with E-state index in [2.05, 4.69) is 15.1 Å². The van der Waals surface area contributed by atoms with Crippen LogP contribution in [0, 0.1) is 6.92 Å². The highest BCUT2D eigenvalue weighted by molar-refractivity contribution is 7.09. The molecule has 92 valence electrons. The number of aromatic nitrogens is 3. The maximum atomic E-state index is 9.16. The molecule has 1 atom stereocenters. The highest BCUT2D eigenvalue weighted by Gasteiger charge is 2.09. The van der Waals surface area contributed by atoms with Gasteiger partial charge in [-0.3, -0.25) is 0 Å². The molecule has 0 aliphatic rings. The Balaban J connectivity index is 1.94. The second-order valence-corrected chi connectivity index (χ2v) is 5.09. The van der Waals surface area contributed by atoms with Crippen LogP contribution in [0.15, 0.2) is 9.90 Å². The fraction of sp³-hybridized carbons (Fsp3) is 0.545. The van der Waals surface area contributed by atoms with Crippen LogP contribution < -0.4 is 0 Å². The van der Waals surface area contributed by atoms with Crippen molar-refractivity contribution >= 4 is 11.3 Å². The lowest BCUT2D eigenvalue weighted by Gasteiger charge is -1.98.